The highest BCUT2D eigenvalue weighted by Gasteiger charge is 2.17. The molecule has 1 atom stereocenters. The number of nitrogens with one attached hydrogen (secondary N) is 2. The average molecular weight is 399 g/mol. The van der Waals surface area contributed by atoms with Gasteiger partial charge in [0.05, 0.1) is 8.66 Å². The van der Waals surface area contributed by atoms with Gasteiger partial charge in [-0.2, -0.15) is 0 Å². The smallest absolute Gasteiger partial charge is 0.262 e. The largest absolute Gasteiger partial charge is 0.354 e. The summed E-state index contributed by atoms with van der Waals surface area (Å²) < 4.78 is 13.7. The van der Waals surface area contributed by atoms with Gasteiger partial charge in [0, 0.05) is 6.54 Å². The Morgan fingerprint density at radius 3 is 2.52 bits per heavy atom. The Bertz CT molecular complexity index is 688. The molecular weight excluding hydrogens is 383 g/mol. The van der Waals surface area contributed by atoms with Gasteiger partial charge in [0.2, 0.25) is 5.91 Å². The van der Waals surface area contributed by atoms with E-state index >= 15 is 0 Å². The van der Waals surface area contributed by atoms with Crippen molar-refractivity contribution in [3.63, 3.8) is 0 Å². The summed E-state index contributed by atoms with van der Waals surface area (Å²) in [4.78, 5) is 24.5. The van der Waals surface area contributed by atoms with Gasteiger partial charge in [-0.1, -0.05) is 12.1 Å². The van der Waals surface area contributed by atoms with Crippen LogP contribution >= 0.6 is 27.3 Å². The molecule has 0 saturated heterocycles. The number of benzene rings is 1. The number of hydrogen-bond acceptors (Lipinski definition) is 3. The van der Waals surface area contributed by atoms with Crippen LogP contribution in [0, 0.1) is 5.82 Å². The van der Waals surface area contributed by atoms with Crippen molar-refractivity contribution in [2.45, 2.75) is 19.4 Å². The second-order valence-electron chi connectivity index (χ2n) is 4.97. The highest BCUT2D eigenvalue weighted by Crippen LogP contribution is 2.21. The highest BCUT2D eigenvalue weighted by atomic mass is 79.9. The first-order valence-electron chi connectivity index (χ1n) is 7.04. The quantitative estimate of drug-likeness (QED) is 0.784. The maximum absolute atomic E-state index is 12.8. The number of thiophene rings is 1. The van der Waals surface area contributed by atoms with Crippen molar-refractivity contribution in [1.29, 1.82) is 0 Å². The molecule has 0 spiro atoms. The number of carbonyl (C=O) groups excluding carboxylic acids is 2. The van der Waals surface area contributed by atoms with Gasteiger partial charge < -0.3 is 10.6 Å². The minimum absolute atomic E-state index is 0.254. The van der Waals surface area contributed by atoms with E-state index in [4.69, 9.17) is 0 Å². The standard InChI is InChI=1S/C16H16BrFN2O2S/c1-10(20-16(22)13-6-7-14(17)23-13)15(21)19-9-8-11-2-4-12(18)5-3-11/h2-7,10H,8-9H2,1H3,(H,19,21)(H,20,22)/t10-/m1/s1. The van der Waals surface area contributed by atoms with Crippen LogP contribution in [0.3, 0.4) is 0 Å². The summed E-state index contributed by atoms with van der Waals surface area (Å²) >= 11 is 4.60. The minimum atomic E-state index is -0.628. The van der Waals surface area contributed by atoms with Crippen LogP contribution in [0.5, 0.6) is 0 Å². The average Bonchev–Trinajstić information content (AvgIpc) is 2.95. The second-order valence-corrected chi connectivity index (χ2v) is 7.43. The zero-order valence-corrected chi connectivity index (χ0v) is 14.8. The van der Waals surface area contributed by atoms with Crippen LogP contribution in [0.4, 0.5) is 4.39 Å². The van der Waals surface area contributed by atoms with Gasteiger partial charge in [-0.3, -0.25) is 9.59 Å². The fourth-order valence-corrected chi connectivity index (χ4v) is 3.19. The number of halogens is 2. The third-order valence-corrected chi connectivity index (χ3v) is 4.79. The Morgan fingerprint density at radius 1 is 1.22 bits per heavy atom. The van der Waals surface area contributed by atoms with E-state index in [0.717, 1.165) is 9.35 Å². The molecule has 1 aromatic heterocycles. The predicted molar refractivity (Wildman–Crippen MR) is 92.1 cm³/mol. The van der Waals surface area contributed by atoms with Gasteiger partial charge in [0.25, 0.3) is 5.91 Å². The van der Waals surface area contributed by atoms with Gasteiger partial charge in [-0.25, -0.2) is 4.39 Å². The van der Waals surface area contributed by atoms with Gasteiger partial charge >= 0.3 is 0 Å². The van der Waals surface area contributed by atoms with Gasteiger partial charge in [-0.05, 0) is 59.1 Å². The summed E-state index contributed by atoms with van der Waals surface area (Å²) in [5, 5.41) is 5.41. The van der Waals surface area contributed by atoms with E-state index in [1.165, 1.54) is 23.5 Å². The van der Waals surface area contributed by atoms with Gasteiger partial charge in [0.15, 0.2) is 0 Å². The molecule has 2 amide bonds. The molecule has 0 radical (unpaired) electrons. The SMILES string of the molecule is C[C@@H](NC(=O)c1ccc(Br)s1)C(=O)NCCc1ccc(F)cc1. The van der Waals surface area contributed by atoms with Crippen LogP contribution in [0.15, 0.2) is 40.2 Å². The van der Waals surface area contributed by atoms with Crippen molar-refractivity contribution < 1.29 is 14.0 Å². The molecule has 0 aliphatic carbocycles. The van der Waals surface area contributed by atoms with Crippen molar-refractivity contribution in [1.82, 2.24) is 10.6 Å². The third-order valence-electron chi connectivity index (χ3n) is 3.16. The lowest BCUT2D eigenvalue weighted by Gasteiger charge is -2.13. The number of hydrogen-bond donors (Lipinski definition) is 2. The van der Waals surface area contributed by atoms with Crippen molar-refractivity contribution in [3.05, 3.63) is 56.4 Å². The van der Waals surface area contributed by atoms with Crippen molar-refractivity contribution in [2.75, 3.05) is 6.54 Å². The van der Waals surface area contributed by atoms with E-state index in [1.807, 2.05) is 0 Å². The Morgan fingerprint density at radius 2 is 1.91 bits per heavy atom. The molecule has 4 nitrogen and oxygen atoms in total. The van der Waals surface area contributed by atoms with E-state index in [2.05, 4.69) is 26.6 Å². The van der Waals surface area contributed by atoms with E-state index < -0.39 is 6.04 Å². The first kappa shape index (κ1) is 17.6. The molecule has 0 unspecified atom stereocenters. The molecule has 0 fully saturated rings. The van der Waals surface area contributed by atoms with E-state index in [9.17, 15) is 14.0 Å². The fourth-order valence-electron chi connectivity index (χ4n) is 1.90. The lowest BCUT2D eigenvalue weighted by molar-refractivity contribution is -0.122. The summed E-state index contributed by atoms with van der Waals surface area (Å²) in [6.45, 7) is 2.06. The number of carbonyl (C=O) groups is 2. The minimum Gasteiger partial charge on any atom is -0.354 e. The normalized spacial score (nSPS) is 11.8. The maximum atomic E-state index is 12.8. The molecular formula is C16H16BrFN2O2S. The lowest BCUT2D eigenvalue weighted by Crippen LogP contribution is -2.45. The molecule has 2 aromatic rings. The Balaban J connectivity index is 1.76. The summed E-state index contributed by atoms with van der Waals surface area (Å²) in [7, 11) is 0. The Labute approximate surface area is 146 Å². The lowest BCUT2D eigenvalue weighted by atomic mass is 10.1. The molecule has 1 aromatic carbocycles. The molecule has 0 saturated carbocycles. The van der Waals surface area contributed by atoms with E-state index in [1.54, 1.807) is 31.2 Å². The van der Waals surface area contributed by atoms with Crippen molar-refractivity contribution in [3.8, 4) is 0 Å². The fraction of sp³-hybridized carbons (Fsp3) is 0.250. The van der Waals surface area contributed by atoms with Crippen LogP contribution in [-0.4, -0.2) is 24.4 Å². The first-order valence-corrected chi connectivity index (χ1v) is 8.65. The van der Waals surface area contributed by atoms with Crippen molar-refractivity contribution >= 4 is 39.1 Å². The van der Waals surface area contributed by atoms with Crippen LogP contribution in [0.25, 0.3) is 0 Å². The maximum Gasteiger partial charge on any atom is 0.262 e. The first-order chi connectivity index (χ1) is 11.0. The Hall–Kier alpha value is -1.73. The molecule has 0 bridgehead atoms. The summed E-state index contributed by atoms with van der Waals surface area (Å²) in [5.74, 6) is -0.813. The van der Waals surface area contributed by atoms with E-state index in [0.29, 0.717) is 17.8 Å². The zero-order valence-electron chi connectivity index (χ0n) is 12.4. The Kier molecular flexibility index (Phi) is 6.29. The molecule has 2 N–H and O–H groups in total. The molecule has 122 valence electrons. The topological polar surface area (TPSA) is 58.2 Å². The molecule has 0 aliphatic rings. The molecule has 7 heteroatoms. The van der Waals surface area contributed by atoms with Crippen LogP contribution < -0.4 is 10.6 Å². The number of amides is 2. The molecule has 1 heterocycles. The van der Waals surface area contributed by atoms with Gasteiger partial charge in [0.1, 0.15) is 11.9 Å². The zero-order chi connectivity index (χ0) is 16.8. The van der Waals surface area contributed by atoms with Gasteiger partial charge in [-0.15, -0.1) is 11.3 Å². The van der Waals surface area contributed by atoms with Crippen LogP contribution in [0.2, 0.25) is 0 Å². The van der Waals surface area contributed by atoms with E-state index in [-0.39, 0.29) is 17.6 Å². The summed E-state index contributed by atoms with van der Waals surface area (Å²) in [5.41, 5.74) is 0.937. The summed E-state index contributed by atoms with van der Waals surface area (Å²) in [6, 6.07) is 8.99. The molecule has 2 rings (SSSR count). The molecule has 0 aliphatic heterocycles. The monoisotopic (exact) mass is 398 g/mol. The third kappa shape index (κ3) is 5.44. The number of rotatable bonds is 6. The van der Waals surface area contributed by atoms with Crippen molar-refractivity contribution in [2.24, 2.45) is 0 Å². The predicted octanol–water partition coefficient (Wildman–Crippen LogP) is 3.13. The molecule has 23 heavy (non-hydrogen) atoms. The second kappa shape index (κ2) is 8.21. The highest BCUT2D eigenvalue weighted by molar-refractivity contribution is 9.11. The summed E-state index contributed by atoms with van der Waals surface area (Å²) in [6.07, 6.45) is 0.602. The van der Waals surface area contributed by atoms with Crippen LogP contribution in [-0.2, 0) is 11.2 Å². The van der Waals surface area contributed by atoms with Crippen LogP contribution in [0.1, 0.15) is 22.2 Å².